The molecule has 0 unspecified atom stereocenters. The summed E-state index contributed by atoms with van der Waals surface area (Å²) in [5.41, 5.74) is 5.80. The van der Waals surface area contributed by atoms with E-state index in [-0.39, 0.29) is 5.56 Å². The van der Waals surface area contributed by atoms with Gasteiger partial charge in [-0.3, -0.25) is 0 Å². The van der Waals surface area contributed by atoms with E-state index >= 15 is 0 Å². The minimum atomic E-state index is -0.936. The van der Waals surface area contributed by atoms with Crippen LogP contribution in [-0.2, 0) is 0 Å². The highest BCUT2D eigenvalue weighted by Gasteiger charge is 2.21. The van der Waals surface area contributed by atoms with Crippen molar-refractivity contribution in [2.24, 2.45) is 0 Å². The molecule has 3 heterocycles. The Balaban J connectivity index is 1.34. The highest BCUT2D eigenvalue weighted by molar-refractivity contribution is 5.92. The fraction of sp³-hybridized carbons (Fsp3) is 0.310. The van der Waals surface area contributed by atoms with Gasteiger partial charge in [0.1, 0.15) is 5.82 Å². The number of aromatic nitrogens is 3. The molecule has 0 saturated carbocycles. The predicted octanol–water partition coefficient (Wildman–Crippen LogP) is 5.28. The van der Waals surface area contributed by atoms with E-state index in [1.165, 1.54) is 0 Å². The molecule has 0 aliphatic carbocycles. The van der Waals surface area contributed by atoms with Crippen molar-refractivity contribution < 1.29 is 9.90 Å². The number of hydrogen-bond acceptors (Lipinski definition) is 7. The van der Waals surface area contributed by atoms with Gasteiger partial charge in [-0.25, -0.2) is 19.7 Å². The molecule has 0 bridgehead atoms. The summed E-state index contributed by atoms with van der Waals surface area (Å²) in [5, 5.41) is 13.6. The first-order valence-electron chi connectivity index (χ1n) is 12.5. The molecular formula is C29H32N6O2. The maximum atomic E-state index is 11.5. The summed E-state index contributed by atoms with van der Waals surface area (Å²) < 4.78 is 0. The molecule has 4 aromatic rings. The third-order valence-corrected chi connectivity index (χ3v) is 7.19. The van der Waals surface area contributed by atoms with Gasteiger partial charge in [-0.2, -0.15) is 0 Å². The molecule has 0 atom stereocenters. The van der Waals surface area contributed by atoms with Crippen LogP contribution in [0.25, 0.3) is 22.0 Å². The van der Waals surface area contributed by atoms with Gasteiger partial charge in [-0.1, -0.05) is 6.07 Å². The SMILES string of the molecule is Cc1ccc(C(=O)O)cc1-c1cc(C)c2nc(Nc3ccc(N4CCC(N(C)C)CC4)nc3)ncc2c1. The van der Waals surface area contributed by atoms with E-state index in [0.717, 1.165) is 70.6 Å². The van der Waals surface area contributed by atoms with E-state index in [9.17, 15) is 9.90 Å². The fourth-order valence-electron chi connectivity index (χ4n) is 4.99. The number of benzene rings is 2. The van der Waals surface area contributed by atoms with Gasteiger partial charge in [-0.15, -0.1) is 0 Å². The zero-order valence-corrected chi connectivity index (χ0v) is 21.7. The molecule has 0 amide bonds. The number of aryl methyl sites for hydroxylation is 2. The number of nitrogens with zero attached hydrogens (tertiary/aromatic N) is 5. The third-order valence-electron chi connectivity index (χ3n) is 7.19. The Hall–Kier alpha value is -4.04. The van der Waals surface area contributed by atoms with Crippen LogP contribution in [0.3, 0.4) is 0 Å². The normalized spacial score (nSPS) is 14.4. The van der Waals surface area contributed by atoms with E-state index in [1.807, 2.05) is 50.4 Å². The summed E-state index contributed by atoms with van der Waals surface area (Å²) in [6.45, 7) is 6.01. The number of nitrogens with one attached hydrogen (secondary N) is 1. The van der Waals surface area contributed by atoms with Crippen molar-refractivity contribution in [1.29, 1.82) is 0 Å². The molecule has 1 aliphatic heterocycles. The molecule has 1 aliphatic rings. The van der Waals surface area contributed by atoms with Crippen molar-refractivity contribution in [1.82, 2.24) is 19.9 Å². The number of hydrogen-bond donors (Lipinski definition) is 2. The zero-order chi connectivity index (χ0) is 26.1. The summed E-state index contributed by atoms with van der Waals surface area (Å²) >= 11 is 0. The Morgan fingerprint density at radius 2 is 1.78 bits per heavy atom. The standard InChI is InChI=1S/C29H32N6O2/c1-18-5-6-20(28(36)37)15-25(18)21-13-19(2)27-22(14-21)16-31-29(33-27)32-23-7-8-26(30-17-23)35-11-9-24(10-12-35)34(3)4/h5-8,13-17,24H,9-12H2,1-4H3,(H,36,37)(H,31,32,33). The van der Waals surface area contributed by atoms with Crippen LogP contribution in [0.1, 0.15) is 34.3 Å². The third kappa shape index (κ3) is 5.24. The number of piperidine rings is 1. The molecule has 2 N–H and O–H groups in total. The number of aromatic carboxylic acids is 1. The molecule has 190 valence electrons. The molecule has 0 spiro atoms. The molecule has 2 aromatic heterocycles. The largest absolute Gasteiger partial charge is 0.478 e. The molecule has 1 fully saturated rings. The first kappa shape index (κ1) is 24.6. The highest BCUT2D eigenvalue weighted by atomic mass is 16.4. The quantitative estimate of drug-likeness (QED) is 0.372. The van der Waals surface area contributed by atoms with Gasteiger partial charge in [0.15, 0.2) is 0 Å². The maximum absolute atomic E-state index is 11.5. The van der Waals surface area contributed by atoms with Gasteiger partial charge in [0.2, 0.25) is 5.95 Å². The Labute approximate surface area is 217 Å². The van der Waals surface area contributed by atoms with Crippen molar-refractivity contribution in [2.75, 3.05) is 37.4 Å². The lowest BCUT2D eigenvalue weighted by atomic mass is 9.95. The smallest absolute Gasteiger partial charge is 0.335 e. The number of rotatable bonds is 6. The van der Waals surface area contributed by atoms with Crippen LogP contribution in [0.5, 0.6) is 0 Å². The van der Waals surface area contributed by atoms with Crippen molar-refractivity contribution in [3.63, 3.8) is 0 Å². The molecule has 5 rings (SSSR count). The highest BCUT2D eigenvalue weighted by Crippen LogP contribution is 2.30. The molecular weight excluding hydrogens is 464 g/mol. The van der Waals surface area contributed by atoms with Crippen LogP contribution in [0.4, 0.5) is 17.5 Å². The lowest BCUT2D eigenvalue weighted by Gasteiger charge is -2.35. The summed E-state index contributed by atoms with van der Waals surface area (Å²) in [5.74, 6) is 0.566. The zero-order valence-electron chi connectivity index (χ0n) is 21.7. The van der Waals surface area contributed by atoms with Crippen LogP contribution in [-0.4, -0.2) is 64.2 Å². The number of carbonyl (C=O) groups is 1. The van der Waals surface area contributed by atoms with Gasteiger partial charge in [0, 0.05) is 30.7 Å². The average molecular weight is 497 g/mol. The van der Waals surface area contributed by atoms with E-state index in [1.54, 1.807) is 18.3 Å². The van der Waals surface area contributed by atoms with Crippen molar-refractivity contribution in [3.8, 4) is 11.1 Å². The number of pyridine rings is 1. The molecule has 37 heavy (non-hydrogen) atoms. The summed E-state index contributed by atoms with van der Waals surface area (Å²) in [7, 11) is 4.30. The Bertz CT molecular complexity index is 1440. The number of fused-ring (bicyclic) bond motifs is 1. The summed E-state index contributed by atoms with van der Waals surface area (Å²) in [6, 6.07) is 13.9. The van der Waals surface area contributed by atoms with Crippen LogP contribution >= 0.6 is 0 Å². The Morgan fingerprint density at radius 1 is 1.00 bits per heavy atom. The van der Waals surface area contributed by atoms with Gasteiger partial charge >= 0.3 is 5.97 Å². The number of carboxylic acid groups (broad SMARTS) is 1. The fourth-order valence-corrected chi connectivity index (χ4v) is 4.99. The number of anilines is 3. The van der Waals surface area contributed by atoms with Gasteiger partial charge in [0.05, 0.1) is 23.0 Å². The lowest BCUT2D eigenvalue weighted by Crippen LogP contribution is -2.42. The van der Waals surface area contributed by atoms with E-state index < -0.39 is 5.97 Å². The predicted molar refractivity (Wildman–Crippen MR) is 148 cm³/mol. The first-order valence-corrected chi connectivity index (χ1v) is 12.5. The van der Waals surface area contributed by atoms with E-state index in [2.05, 4.69) is 39.2 Å². The topological polar surface area (TPSA) is 94.5 Å². The van der Waals surface area contributed by atoms with E-state index in [4.69, 9.17) is 4.98 Å². The Morgan fingerprint density at radius 3 is 2.46 bits per heavy atom. The van der Waals surface area contributed by atoms with Crippen LogP contribution in [0.2, 0.25) is 0 Å². The van der Waals surface area contributed by atoms with Gasteiger partial charge in [-0.05, 0) is 99.4 Å². The Kier molecular flexibility index (Phi) is 6.76. The molecule has 1 saturated heterocycles. The maximum Gasteiger partial charge on any atom is 0.335 e. The monoisotopic (exact) mass is 496 g/mol. The van der Waals surface area contributed by atoms with Gasteiger partial charge < -0.3 is 20.2 Å². The summed E-state index contributed by atoms with van der Waals surface area (Å²) in [6.07, 6.45) is 5.92. The second-order valence-electron chi connectivity index (χ2n) is 9.97. The van der Waals surface area contributed by atoms with Crippen LogP contribution in [0.15, 0.2) is 54.9 Å². The number of carboxylic acids is 1. The average Bonchev–Trinajstić information content (AvgIpc) is 2.89. The van der Waals surface area contributed by atoms with Gasteiger partial charge in [0.25, 0.3) is 0 Å². The molecule has 8 heteroatoms. The van der Waals surface area contributed by atoms with E-state index in [0.29, 0.717) is 12.0 Å². The molecule has 8 nitrogen and oxygen atoms in total. The van der Waals surface area contributed by atoms with Crippen LogP contribution < -0.4 is 10.2 Å². The molecule has 2 aromatic carbocycles. The second-order valence-corrected chi connectivity index (χ2v) is 9.97. The van der Waals surface area contributed by atoms with Crippen molar-refractivity contribution in [3.05, 3.63) is 71.5 Å². The molecule has 0 radical (unpaired) electrons. The first-order chi connectivity index (χ1) is 17.8. The van der Waals surface area contributed by atoms with Crippen LogP contribution in [0, 0.1) is 13.8 Å². The summed E-state index contributed by atoms with van der Waals surface area (Å²) in [4.78, 5) is 30.1. The second kappa shape index (κ2) is 10.1. The van der Waals surface area contributed by atoms with Crippen molar-refractivity contribution >= 4 is 34.3 Å². The lowest BCUT2D eigenvalue weighted by molar-refractivity contribution is 0.0697. The minimum Gasteiger partial charge on any atom is -0.478 e. The minimum absolute atomic E-state index is 0.270. The van der Waals surface area contributed by atoms with Crippen molar-refractivity contribution in [2.45, 2.75) is 32.7 Å².